The van der Waals surface area contributed by atoms with E-state index in [2.05, 4.69) is 6.07 Å². The zero-order valence-electron chi connectivity index (χ0n) is 6.92. The van der Waals surface area contributed by atoms with E-state index in [9.17, 15) is 0 Å². The number of nitriles is 1. The zero-order valence-corrected chi connectivity index (χ0v) is 7.73. The van der Waals surface area contributed by atoms with Crippen LogP contribution < -0.4 is 5.73 Å². The molecule has 1 atom stereocenters. The van der Waals surface area contributed by atoms with Crippen LogP contribution in [0.15, 0.2) is 11.6 Å². The summed E-state index contributed by atoms with van der Waals surface area (Å²) in [6, 6.07) is 2.28. The summed E-state index contributed by atoms with van der Waals surface area (Å²) in [6.07, 6.45) is 6.03. The number of nitrogens with zero attached hydrogens (tertiary/aromatic N) is 1. The zero-order chi connectivity index (χ0) is 8.97. The van der Waals surface area contributed by atoms with Crippen LogP contribution in [0.2, 0.25) is 0 Å². The Labute approximate surface area is 78.1 Å². The first kappa shape index (κ1) is 9.21. The first-order chi connectivity index (χ1) is 5.74. The fourth-order valence-corrected chi connectivity index (χ4v) is 1.69. The normalized spacial score (nSPS) is 26.6. The third kappa shape index (κ3) is 2.31. The van der Waals surface area contributed by atoms with E-state index in [-0.39, 0.29) is 5.92 Å². The molecule has 0 aliphatic heterocycles. The molecule has 12 heavy (non-hydrogen) atoms. The van der Waals surface area contributed by atoms with E-state index < -0.39 is 0 Å². The molecule has 1 aliphatic rings. The Bertz CT molecular complexity index is 250. The summed E-state index contributed by atoms with van der Waals surface area (Å²) in [4.78, 5) is 0.396. The van der Waals surface area contributed by atoms with E-state index in [4.69, 9.17) is 23.2 Å². The molecule has 0 saturated heterocycles. The smallest absolute Gasteiger partial charge is 0.0961 e. The van der Waals surface area contributed by atoms with Crippen molar-refractivity contribution in [2.75, 3.05) is 0 Å². The lowest BCUT2D eigenvalue weighted by molar-refractivity contribution is 0.527. The molecule has 0 spiro atoms. The van der Waals surface area contributed by atoms with Crippen LogP contribution in [-0.4, -0.2) is 4.99 Å². The third-order valence-corrected chi connectivity index (χ3v) is 2.26. The monoisotopic (exact) mass is 180 g/mol. The molecule has 0 aromatic rings. The van der Waals surface area contributed by atoms with Crippen molar-refractivity contribution >= 4 is 17.2 Å². The van der Waals surface area contributed by atoms with E-state index in [1.165, 1.54) is 0 Å². The largest absolute Gasteiger partial charge is 0.390 e. The highest BCUT2D eigenvalue weighted by molar-refractivity contribution is 7.80. The summed E-state index contributed by atoms with van der Waals surface area (Å²) in [5.41, 5.74) is 6.51. The van der Waals surface area contributed by atoms with Gasteiger partial charge in [0.05, 0.1) is 17.0 Å². The average molecular weight is 180 g/mol. The molecule has 0 bridgehead atoms. The molecule has 1 unspecified atom stereocenters. The Morgan fingerprint density at radius 3 is 3.00 bits per heavy atom. The van der Waals surface area contributed by atoms with Crippen molar-refractivity contribution in [3.8, 4) is 6.07 Å². The van der Waals surface area contributed by atoms with Gasteiger partial charge in [-0.25, -0.2) is 0 Å². The van der Waals surface area contributed by atoms with Gasteiger partial charge in [0.15, 0.2) is 0 Å². The Morgan fingerprint density at radius 2 is 2.42 bits per heavy atom. The maximum atomic E-state index is 8.80. The molecule has 0 amide bonds. The molecule has 2 nitrogen and oxygen atoms in total. The molecular weight excluding hydrogens is 168 g/mol. The molecule has 3 heteroatoms. The van der Waals surface area contributed by atoms with Crippen molar-refractivity contribution in [2.45, 2.75) is 25.7 Å². The van der Waals surface area contributed by atoms with Crippen LogP contribution in [0.4, 0.5) is 0 Å². The van der Waals surface area contributed by atoms with Gasteiger partial charge in [-0.3, -0.25) is 0 Å². The standard InChI is InChI=1S/C9H12N2S/c10-6-8-4-2-1-3-7(8)5-9(11)12/h5,8H,1-4H2,(H2,11,12). The Balaban J connectivity index is 2.73. The summed E-state index contributed by atoms with van der Waals surface area (Å²) >= 11 is 4.77. The van der Waals surface area contributed by atoms with E-state index in [1.54, 1.807) is 6.08 Å². The Hall–Kier alpha value is -0.880. The van der Waals surface area contributed by atoms with E-state index in [1.807, 2.05) is 0 Å². The van der Waals surface area contributed by atoms with Crippen LogP contribution in [0.5, 0.6) is 0 Å². The van der Waals surface area contributed by atoms with Crippen LogP contribution in [0.1, 0.15) is 25.7 Å². The number of allylic oxidation sites excluding steroid dienone is 1. The Morgan fingerprint density at radius 1 is 1.67 bits per heavy atom. The summed E-state index contributed by atoms with van der Waals surface area (Å²) in [7, 11) is 0. The first-order valence-corrected chi connectivity index (χ1v) is 4.54. The summed E-state index contributed by atoms with van der Waals surface area (Å²) in [5, 5.41) is 8.80. The van der Waals surface area contributed by atoms with Gasteiger partial charge < -0.3 is 5.73 Å². The SMILES string of the molecule is N#CC1CCCCC1=CC(N)=S. The van der Waals surface area contributed by atoms with Crippen LogP contribution >= 0.6 is 12.2 Å². The minimum absolute atomic E-state index is 0.0558. The molecule has 1 aliphatic carbocycles. The fourth-order valence-electron chi connectivity index (χ4n) is 1.54. The second-order valence-corrected chi connectivity index (χ2v) is 3.52. The van der Waals surface area contributed by atoms with Gasteiger partial charge in [0.1, 0.15) is 0 Å². The van der Waals surface area contributed by atoms with Crippen molar-refractivity contribution in [1.82, 2.24) is 0 Å². The van der Waals surface area contributed by atoms with Gasteiger partial charge in [0.25, 0.3) is 0 Å². The maximum Gasteiger partial charge on any atom is 0.0961 e. The highest BCUT2D eigenvalue weighted by atomic mass is 32.1. The number of hydrogen-bond acceptors (Lipinski definition) is 2. The average Bonchev–Trinajstić information content (AvgIpc) is 2.04. The summed E-state index contributed by atoms with van der Waals surface area (Å²) in [5.74, 6) is 0.0558. The van der Waals surface area contributed by atoms with Crippen molar-refractivity contribution in [3.63, 3.8) is 0 Å². The van der Waals surface area contributed by atoms with Crippen LogP contribution in [0, 0.1) is 17.2 Å². The van der Waals surface area contributed by atoms with Gasteiger partial charge in [-0.05, 0) is 25.3 Å². The Kier molecular flexibility index (Phi) is 3.24. The van der Waals surface area contributed by atoms with Crippen molar-refractivity contribution in [3.05, 3.63) is 11.6 Å². The number of nitrogens with two attached hydrogens (primary N) is 1. The van der Waals surface area contributed by atoms with Crippen molar-refractivity contribution in [1.29, 1.82) is 5.26 Å². The molecule has 0 aromatic heterocycles. The van der Waals surface area contributed by atoms with E-state index in [0.29, 0.717) is 4.99 Å². The molecule has 0 aromatic carbocycles. The summed E-state index contributed by atoms with van der Waals surface area (Å²) in [6.45, 7) is 0. The number of thiocarbonyl (C=S) groups is 1. The van der Waals surface area contributed by atoms with Crippen molar-refractivity contribution in [2.24, 2.45) is 11.7 Å². The molecule has 1 fully saturated rings. The fraction of sp³-hybridized carbons (Fsp3) is 0.556. The third-order valence-electron chi connectivity index (χ3n) is 2.14. The molecule has 0 heterocycles. The van der Waals surface area contributed by atoms with E-state index >= 15 is 0 Å². The molecule has 64 valence electrons. The second-order valence-electron chi connectivity index (χ2n) is 3.05. The van der Waals surface area contributed by atoms with Gasteiger partial charge in [0.2, 0.25) is 0 Å². The minimum atomic E-state index is 0.0558. The lowest BCUT2D eigenvalue weighted by Gasteiger charge is -2.18. The summed E-state index contributed by atoms with van der Waals surface area (Å²) < 4.78 is 0. The predicted molar refractivity (Wildman–Crippen MR) is 52.4 cm³/mol. The minimum Gasteiger partial charge on any atom is -0.390 e. The topological polar surface area (TPSA) is 49.8 Å². The predicted octanol–water partition coefficient (Wildman–Crippen LogP) is 1.91. The lowest BCUT2D eigenvalue weighted by Crippen LogP contribution is -2.12. The highest BCUT2D eigenvalue weighted by Crippen LogP contribution is 2.28. The highest BCUT2D eigenvalue weighted by Gasteiger charge is 2.17. The van der Waals surface area contributed by atoms with Gasteiger partial charge in [-0.15, -0.1) is 0 Å². The van der Waals surface area contributed by atoms with Crippen LogP contribution in [0.25, 0.3) is 0 Å². The molecular formula is C9H12N2S. The molecule has 0 radical (unpaired) electrons. The van der Waals surface area contributed by atoms with Crippen molar-refractivity contribution < 1.29 is 0 Å². The van der Waals surface area contributed by atoms with Crippen LogP contribution in [0.3, 0.4) is 0 Å². The lowest BCUT2D eigenvalue weighted by atomic mass is 9.85. The quantitative estimate of drug-likeness (QED) is 0.495. The molecule has 1 rings (SSSR count). The number of hydrogen-bond donors (Lipinski definition) is 1. The number of rotatable bonds is 1. The van der Waals surface area contributed by atoms with Gasteiger partial charge in [-0.2, -0.15) is 5.26 Å². The van der Waals surface area contributed by atoms with Gasteiger partial charge in [0, 0.05) is 0 Å². The molecule has 2 N–H and O–H groups in total. The van der Waals surface area contributed by atoms with Gasteiger partial charge in [-0.1, -0.05) is 24.2 Å². The maximum absolute atomic E-state index is 8.80. The van der Waals surface area contributed by atoms with Gasteiger partial charge >= 0.3 is 0 Å². The molecule has 1 saturated carbocycles. The van der Waals surface area contributed by atoms with E-state index in [0.717, 1.165) is 31.3 Å². The second kappa shape index (κ2) is 4.22. The van der Waals surface area contributed by atoms with Crippen LogP contribution in [-0.2, 0) is 0 Å². The first-order valence-electron chi connectivity index (χ1n) is 4.13.